The van der Waals surface area contributed by atoms with Gasteiger partial charge in [0.05, 0.1) is 0 Å². The van der Waals surface area contributed by atoms with Crippen LogP contribution in [0, 0.1) is 5.41 Å². The maximum absolute atomic E-state index is 10.7. The second kappa shape index (κ2) is 2.37. The predicted molar refractivity (Wildman–Crippen MR) is 43.9 cm³/mol. The van der Waals surface area contributed by atoms with E-state index in [-0.39, 0.29) is 5.41 Å². The maximum Gasteiger partial charge on any atom is 0.325 e. The predicted octanol–water partition coefficient (Wildman–Crippen LogP) is 2.26. The smallest absolute Gasteiger partial charge is 0.325 e. The number of rotatable bonds is 2. The molecule has 0 aromatic heterocycles. The first-order valence-electron chi connectivity index (χ1n) is 3.82. The molecular formula is C8H13ClO2. The Morgan fingerprint density at radius 1 is 1.64 bits per heavy atom. The maximum atomic E-state index is 10.7. The molecule has 0 amide bonds. The van der Waals surface area contributed by atoms with Crippen molar-refractivity contribution in [3.05, 3.63) is 0 Å². The zero-order valence-corrected chi connectivity index (χ0v) is 7.61. The minimum absolute atomic E-state index is 0.194. The average Bonchev–Trinajstić information content (AvgIpc) is 1.82. The fourth-order valence-corrected chi connectivity index (χ4v) is 1.62. The largest absolute Gasteiger partial charge is 0.480 e. The van der Waals surface area contributed by atoms with Gasteiger partial charge in [-0.1, -0.05) is 13.3 Å². The first kappa shape index (κ1) is 8.85. The highest BCUT2D eigenvalue weighted by molar-refractivity contribution is 6.34. The Bertz CT molecular complexity index is 183. The minimum atomic E-state index is -1.08. The van der Waals surface area contributed by atoms with E-state index in [1.54, 1.807) is 6.92 Å². The highest BCUT2D eigenvalue weighted by Crippen LogP contribution is 2.51. The Morgan fingerprint density at radius 2 is 2.09 bits per heavy atom. The van der Waals surface area contributed by atoms with Crippen molar-refractivity contribution >= 4 is 17.6 Å². The average molecular weight is 177 g/mol. The molecule has 2 nitrogen and oxygen atoms in total. The van der Waals surface area contributed by atoms with Gasteiger partial charge in [-0.15, -0.1) is 11.6 Å². The van der Waals surface area contributed by atoms with Crippen LogP contribution in [0.5, 0.6) is 0 Å². The quantitative estimate of drug-likeness (QED) is 0.656. The number of carboxylic acids is 1. The van der Waals surface area contributed by atoms with Crippen LogP contribution in [0.1, 0.15) is 33.1 Å². The van der Waals surface area contributed by atoms with E-state index in [1.165, 1.54) is 0 Å². The SMILES string of the molecule is CC1(C(C)(Cl)C(=O)O)CCC1. The number of alkyl halides is 1. The summed E-state index contributed by atoms with van der Waals surface area (Å²) in [5.41, 5.74) is -0.194. The third-order valence-corrected chi connectivity index (χ3v) is 3.61. The Hall–Kier alpha value is -0.240. The second-order valence-electron chi connectivity index (χ2n) is 3.72. The Kier molecular flexibility index (Phi) is 1.91. The molecule has 1 aliphatic carbocycles. The van der Waals surface area contributed by atoms with Crippen LogP contribution in [0.2, 0.25) is 0 Å². The Morgan fingerprint density at radius 3 is 2.18 bits per heavy atom. The van der Waals surface area contributed by atoms with Crippen molar-refractivity contribution in [1.29, 1.82) is 0 Å². The van der Waals surface area contributed by atoms with Crippen LogP contribution in [-0.2, 0) is 4.79 Å². The lowest BCUT2D eigenvalue weighted by molar-refractivity contribution is -0.145. The van der Waals surface area contributed by atoms with E-state index in [2.05, 4.69) is 0 Å². The van der Waals surface area contributed by atoms with Crippen molar-refractivity contribution in [3.63, 3.8) is 0 Å². The van der Waals surface area contributed by atoms with Crippen molar-refractivity contribution in [1.82, 2.24) is 0 Å². The number of hydrogen-bond donors (Lipinski definition) is 1. The molecule has 0 spiro atoms. The third kappa shape index (κ3) is 1.13. The van der Waals surface area contributed by atoms with Gasteiger partial charge in [-0.3, -0.25) is 4.79 Å². The van der Waals surface area contributed by atoms with Crippen molar-refractivity contribution in [2.24, 2.45) is 5.41 Å². The molecule has 0 bridgehead atoms. The summed E-state index contributed by atoms with van der Waals surface area (Å²) in [5.74, 6) is -0.902. The van der Waals surface area contributed by atoms with Crippen molar-refractivity contribution in [2.45, 2.75) is 38.0 Å². The highest BCUT2D eigenvalue weighted by atomic mass is 35.5. The second-order valence-corrected chi connectivity index (χ2v) is 4.48. The van der Waals surface area contributed by atoms with E-state index in [0.717, 1.165) is 19.3 Å². The van der Waals surface area contributed by atoms with Crippen molar-refractivity contribution in [3.8, 4) is 0 Å². The number of aliphatic carboxylic acids is 1. The Labute approximate surface area is 71.5 Å². The summed E-state index contributed by atoms with van der Waals surface area (Å²) in [6, 6.07) is 0. The molecule has 11 heavy (non-hydrogen) atoms. The topological polar surface area (TPSA) is 37.3 Å². The molecule has 0 aromatic carbocycles. The monoisotopic (exact) mass is 176 g/mol. The zero-order valence-electron chi connectivity index (χ0n) is 6.85. The molecule has 1 N–H and O–H groups in total. The van der Waals surface area contributed by atoms with E-state index in [9.17, 15) is 4.79 Å². The van der Waals surface area contributed by atoms with Crippen LogP contribution in [-0.4, -0.2) is 16.0 Å². The van der Waals surface area contributed by atoms with E-state index in [1.807, 2.05) is 6.92 Å². The first-order chi connectivity index (χ1) is 4.90. The van der Waals surface area contributed by atoms with Crippen LogP contribution < -0.4 is 0 Å². The number of hydrogen-bond acceptors (Lipinski definition) is 1. The van der Waals surface area contributed by atoms with Gasteiger partial charge in [0.1, 0.15) is 4.87 Å². The number of carbonyl (C=O) groups is 1. The molecular weight excluding hydrogens is 164 g/mol. The molecule has 64 valence electrons. The van der Waals surface area contributed by atoms with Gasteiger partial charge in [0.15, 0.2) is 0 Å². The van der Waals surface area contributed by atoms with E-state index in [0.29, 0.717) is 0 Å². The fraction of sp³-hybridized carbons (Fsp3) is 0.875. The summed E-state index contributed by atoms with van der Waals surface area (Å²) in [4.78, 5) is 9.65. The lowest BCUT2D eigenvalue weighted by atomic mass is 9.62. The van der Waals surface area contributed by atoms with Gasteiger partial charge in [-0.2, -0.15) is 0 Å². The van der Waals surface area contributed by atoms with Gasteiger partial charge in [0.2, 0.25) is 0 Å². The van der Waals surface area contributed by atoms with Crippen LogP contribution in [0.25, 0.3) is 0 Å². The first-order valence-corrected chi connectivity index (χ1v) is 4.20. The molecule has 0 heterocycles. The van der Waals surface area contributed by atoms with Gasteiger partial charge in [-0.05, 0) is 25.2 Å². The van der Waals surface area contributed by atoms with Crippen molar-refractivity contribution in [2.75, 3.05) is 0 Å². The lowest BCUT2D eigenvalue weighted by Crippen LogP contribution is -2.49. The zero-order chi connectivity index (χ0) is 8.70. The molecule has 1 aliphatic rings. The van der Waals surface area contributed by atoms with Gasteiger partial charge < -0.3 is 5.11 Å². The van der Waals surface area contributed by atoms with Crippen LogP contribution in [0.4, 0.5) is 0 Å². The summed E-state index contributed by atoms with van der Waals surface area (Å²) in [6.07, 6.45) is 2.96. The molecule has 1 atom stereocenters. The summed E-state index contributed by atoms with van der Waals surface area (Å²) in [5, 5.41) is 8.81. The lowest BCUT2D eigenvalue weighted by Gasteiger charge is -2.46. The molecule has 0 radical (unpaired) electrons. The third-order valence-electron chi connectivity index (χ3n) is 2.99. The standard InChI is InChI=1S/C8H13ClO2/c1-7(4-3-5-7)8(2,9)6(10)11/h3-5H2,1-2H3,(H,10,11). The van der Waals surface area contributed by atoms with E-state index in [4.69, 9.17) is 16.7 Å². The molecule has 0 aromatic rings. The van der Waals surface area contributed by atoms with Crippen LogP contribution in [0.3, 0.4) is 0 Å². The van der Waals surface area contributed by atoms with Gasteiger partial charge in [0.25, 0.3) is 0 Å². The van der Waals surface area contributed by atoms with Crippen molar-refractivity contribution < 1.29 is 9.90 Å². The van der Waals surface area contributed by atoms with E-state index < -0.39 is 10.8 Å². The molecule has 0 aliphatic heterocycles. The van der Waals surface area contributed by atoms with Crippen LogP contribution in [0.15, 0.2) is 0 Å². The summed E-state index contributed by atoms with van der Waals surface area (Å²) >= 11 is 5.91. The normalized spacial score (nSPS) is 26.8. The van der Waals surface area contributed by atoms with Gasteiger partial charge in [-0.25, -0.2) is 0 Å². The molecule has 1 rings (SSSR count). The Balaban J connectivity index is 2.78. The minimum Gasteiger partial charge on any atom is -0.480 e. The molecule has 0 saturated heterocycles. The van der Waals surface area contributed by atoms with Crippen LogP contribution >= 0.6 is 11.6 Å². The van der Waals surface area contributed by atoms with E-state index >= 15 is 0 Å². The highest BCUT2D eigenvalue weighted by Gasteiger charge is 2.52. The molecule has 1 saturated carbocycles. The number of carboxylic acid groups (broad SMARTS) is 1. The van der Waals surface area contributed by atoms with Gasteiger partial charge >= 0.3 is 5.97 Å². The summed E-state index contributed by atoms with van der Waals surface area (Å²) in [7, 11) is 0. The number of halogens is 1. The fourth-order valence-electron chi connectivity index (χ4n) is 1.43. The molecule has 3 heteroatoms. The summed E-state index contributed by atoms with van der Waals surface area (Å²) < 4.78 is 0. The van der Waals surface area contributed by atoms with Gasteiger partial charge in [0, 0.05) is 0 Å². The molecule has 1 unspecified atom stereocenters. The molecule has 1 fully saturated rings. The summed E-state index contributed by atoms with van der Waals surface area (Å²) in [6.45, 7) is 3.54.